The summed E-state index contributed by atoms with van der Waals surface area (Å²) in [7, 11) is -1.44. The minimum Gasteiger partial charge on any atom is -0.512 e. The topological polar surface area (TPSA) is 54.6 Å². The second-order valence-corrected chi connectivity index (χ2v) is 17.6. The van der Waals surface area contributed by atoms with E-state index in [-0.39, 0.29) is 43.5 Å². The molecule has 3 aromatic heterocycles. The van der Waals surface area contributed by atoms with Crippen LogP contribution in [-0.2, 0) is 24.9 Å². The molecule has 6 aromatic rings. The van der Waals surface area contributed by atoms with Crippen molar-refractivity contribution in [2.45, 2.75) is 73.0 Å². The van der Waals surface area contributed by atoms with Crippen molar-refractivity contribution >= 4 is 68.0 Å². The van der Waals surface area contributed by atoms with Gasteiger partial charge in [0.25, 0.3) is 0 Å². The third-order valence-corrected chi connectivity index (χ3v) is 10.9. The van der Waals surface area contributed by atoms with Gasteiger partial charge in [0.1, 0.15) is 0 Å². The van der Waals surface area contributed by atoms with Crippen LogP contribution < -0.4 is 5.19 Å². The average molecular weight is 768 g/mol. The van der Waals surface area contributed by atoms with Gasteiger partial charge in [-0.15, -0.1) is 23.6 Å². The first kappa shape index (κ1) is 32.9. The Bertz CT molecular complexity index is 1910. The van der Waals surface area contributed by atoms with Crippen LogP contribution in [0.1, 0.15) is 53.4 Å². The fourth-order valence-corrected chi connectivity index (χ4v) is 7.28. The summed E-state index contributed by atoms with van der Waals surface area (Å²) in [6.45, 7) is 15.3. The Morgan fingerprint density at radius 1 is 0.907 bits per heavy atom. The molecular formula is C37H43IrN2O2Si-. The van der Waals surface area contributed by atoms with Crippen molar-refractivity contribution in [3.8, 4) is 0 Å². The van der Waals surface area contributed by atoms with E-state index >= 15 is 0 Å². The smallest absolute Gasteiger partial charge is 0.162 e. The van der Waals surface area contributed by atoms with E-state index in [1.54, 1.807) is 0 Å². The zero-order valence-electron chi connectivity index (χ0n) is 26.4. The molecule has 43 heavy (non-hydrogen) atoms. The van der Waals surface area contributed by atoms with Crippen molar-refractivity contribution in [2.24, 2.45) is 11.8 Å². The van der Waals surface area contributed by atoms with Crippen LogP contribution in [0.2, 0.25) is 19.6 Å². The van der Waals surface area contributed by atoms with Crippen molar-refractivity contribution in [1.82, 2.24) is 9.38 Å². The second-order valence-electron chi connectivity index (χ2n) is 12.5. The van der Waals surface area contributed by atoms with Crippen molar-refractivity contribution in [3.63, 3.8) is 0 Å². The third kappa shape index (κ3) is 6.29. The monoisotopic (exact) mass is 768 g/mol. The molecule has 0 aliphatic heterocycles. The van der Waals surface area contributed by atoms with Crippen LogP contribution in [0.4, 0.5) is 0 Å². The fourth-order valence-electron chi connectivity index (χ4n) is 6.11. The summed E-state index contributed by atoms with van der Waals surface area (Å²) in [5.41, 5.74) is 3.49. The van der Waals surface area contributed by atoms with Crippen molar-refractivity contribution in [3.05, 3.63) is 78.7 Å². The van der Waals surface area contributed by atoms with E-state index in [0.29, 0.717) is 0 Å². The van der Waals surface area contributed by atoms with Gasteiger partial charge < -0.3 is 9.51 Å². The van der Waals surface area contributed by atoms with Crippen LogP contribution in [0.15, 0.2) is 72.6 Å². The van der Waals surface area contributed by atoms with Crippen molar-refractivity contribution in [2.75, 3.05) is 0 Å². The molecule has 1 radical (unpaired) electrons. The number of aliphatic hydroxyl groups is 1. The third-order valence-electron chi connectivity index (χ3n) is 8.83. The zero-order valence-corrected chi connectivity index (χ0v) is 29.8. The number of ketones is 1. The number of aliphatic hydroxyl groups excluding tert-OH is 1. The summed E-state index contributed by atoms with van der Waals surface area (Å²) in [6.07, 6.45) is 6.82. The van der Waals surface area contributed by atoms with E-state index < -0.39 is 8.07 Å². The van der Waals surface area contributed by atoms with Crippen LogP contribution >= 0.6 is 0 Å². The van der Waals surface area contributed by atoms with Gasteiger partial charge in [-0.1, -0.05) is 99.0 Å². The van der Waals surface area contributed by atoms with E-state index in [0.717, 1.165) is 42.1 Å². The first-order valence-corrected chi connectivity index (χ1v) is 19.0. The van der Waals surface area contributed by atoms with E-state index in [4.69, 9.17) is 4.98 Å². The number of hydrogen-bond donors (Lipinski definition) is 1. The molecule has 4 nitrogen and oxygen atoms in total. The number of pyridine rings is 1. The molecule has 1 N–H and O–H groups in total. The van der Waals surface area contributed by atoms with Gasteiger partial charge in [0.05, 0.1) is 19.5 Å². The van der Waals surface area contributed by atoms with Gasteiger partial charge in [0.15, 0.2) is 5.78 Å². The summed E-state index contributed by atoms with van der Waals surface area (Å²) >= 11 is 0. The number of carbonyl (C=O) groups excluding carboxylic acids is 1. The molecule has 0 saturated carbocycles. The Kier molecular flexibility index (Phi) is 10.2. The van der Waals surface area contributed by atoms with Crippen LogP contribution in [0, 0.1) is 17.9 Å². The fraction of sp³-hybridized carbons (Fsp3) is 0.351. The quantitative estimate of drug-likeness (QED) is 0.0420. The number of rotatable bonds is 8. The number of allylic oxidation sites excluding steroid dienone is 2. The minimum atomic E-state index is -1.44. The van der Waals surface area contributed by atoms with Gasteiger partial charge in [-0.2, -0.15) is 0 Å². The molecule has 0 unspecified atom stereocenters. The summed E-state index contributed by atoms with van der Waals surface area (Å²) in [4.78, 5) is 16.5. The van der Waals surface area contributed by atoms with Crippen molar-refractivity contribution in [1.29, 1.82) is 0 Å². The Balaban J connectivity index is 0.000000230. The molecule has 0 atom stereocenters. The molecule has 6 heteroatoms. The van der Waals surface area contributed by atoms with Gasteiger partial charge in [-0.3, -0.25) is 9.78 Å². The molecule has 0 spiro atoms. The maximum absolute atomic E-state index is 11.7. The largest absolute Gasteiger partial charge is 0.512 e. The van der Waals surface area contributed by atoms with Crippen LogP contribution in [0.3, 0.4) is 0 Å². The molecule has 0 amide bonds. The predicted molar refractivity (Wildman–Crippen MR) is 182 cm³/mol. The molecule has 0 saturated heterocycles. The summed E-state index contributed by atoms with van der Waals surface area (Å²) < 4.78 is 2.31. The number of benzene rings is 3. The van der Waals surface area contributed by atoms with E-state index in [2.05, 4.69) is 84.7 Å². The number of hydrogen-bond acceptors (Lipinski definition) is 3. The Labute approximate surface area is 269 Å². The van der Waals surface area contributed by atoms with Gasteiger partial charge in [-0.25, -0.2) is 0 Å². The summed E-state index contributed by atoms with van der Waals surface area (Å²) in [5.74, 6) is 0.547. The van der Waals surface area contributed by atoms with Crippen molar-refractivity contribution < 1.29 is 30.0 Å². The molecule has 227 valence electrons. The maximum atomic E-state index is 11.7. The molecule has 0 bridgehead atoms. The summed E-state index contributed by atoms with van der Waals surface area (Å²) in [5, 5.41) is 18.6. The average Bonchev–Trinajstić information content (AvgIpc) is 3.36. The number of carbonyl (C=O) groups is 1. The van der Waals surface area contributed by atoms with E-state index in [1.807, 2.05) is 33.9 Å². The van der Waals surface area contributed by atoms with Gasteiger partial charge >= 0.3 is 0 Å². The Hall–Kier alpha value is -3.05. The Morgan fingerprint density at radius 3 is 2.23 bits per heavy atom. The number of aromatic nitrogens is 2. The van der Waals surface area contributed by atoms with E-state index in [9.17, 15) is 9.90 Å². The van der Waals surface area contributed by atoms with E-state index in [1.165, 1.54) is 43.8 Å². The van der Waals surface area contributed by atoms with Crippen LogP contribution in [0.25, 0.3) is 49.0 Å². The molecule has 3 aromatic carbocycles. The van der Waals surface area contributed by atoms with Gasteiger partial charge in [0.2, 0.25) is 0 Å². The number of nitrogens with zero attached hydrogens (tertiary/aromatic N) is 2. The maximum Gasteiger partial charge on any atom is 0.162 e. The zero-order chi connectivity index (χ0) is 30.2. The van der Waals surface area contributed by atoms with Crippen LogP contribution in [-0.4, -0.2) is 28.3 Å². The molecule has 0 aliphatic rings. The molecular weight excluding hydrogens is 725 g/mol. The molecule has 6 rings (SSSR count). The molecule has 0 fully saturated rings. The van der Waals surface area contributed by atoms with Gasteiger partial charge in [-0.05, 0) is 48.6 Å². The first-order valence-electron chi connectivity index (χ1n) is 15.5. The first-order chi connectivity index (χ1) is 20.1. The minimum absolute atomic E-state index is 0. The van der Waals surface area contributed by atoms with Gasteiger partial charge in [0, 0.05) is 55.2 Å². The normalized spacial score (nSPS) is 12.5. The second kappa shape index (κ2) is 13.3. The van der Waals surface area contributed by atoms with Crippen LogP contribution in [0.5, 0.6) is 0 Å². The predicted octanol–water partition coefficient (Wildman–Crippen LogP) is 9.60. The summed E-state index contributed by atoms with van der Waals surface area (Å²) in [6, 6.07) is 23.7. The molecule has 3 heterocycles. The number of fused-ring (bicyclic) bond motifs is 4. The standard InChI is InChI=1S/C24H19N2Si.C13H24O2.Ir/c1-27(2,3)19-11-17-10-18-8-9-25-24-22-13-16-7-5-4-6-15(16)12-20(22)21(14-19)23(17)26(18)24;1-5-10(6-2)12(14)9-13(15)11(7-3)8-4;/h4-12,14H,1-3H3;9-11,14H,5-8H2,1-4H3;/q-1;;/b;12-9-;. The SMILES string of the molecule is CCC(CC)C(=O)/C=C(\O)C(CC)CC.C[Si](C)(C)c1cc2cc3ccnc4c5[c-]c6ccccc6cc5c(c1)c2n34.[Ir]. The molecule has 0 aliphatic carbocycles. The Morgan fingerprint density at radius 2 is 1.58 bits per heavy atom.